The summed E-state index contributed by atoms with van der Waals surface area (Å²) in [5.41, 5.74) is 0.373. The van der Waals surface area contributed by atoms with Crippen molar-refractivity contribution < 1.29 is 42.1 Å². The van der Waals surface area contributed by atoms with Crippen LogP contribution in [0.15, 0.2) is 36.5 Å². The Bertz CT molecular complexity index is 1450. The number of carbonyl (C=O) groups excluding carboxylic acids is 1. The highest BCUT2D eigenvalue weighted by Gasteiger charge is 2.34. The second kappa shape index (κ2) is 12.5. The van der Waals surface area contributed by atoms with Gasteiger partial charge in [-0.3, -0.25) is 4.90 Å². The van der Waals surface area contributed by atoms with Crippen molar-refractivity contribution in [3.63, 3.8) is 0 Å². The second-order valence-corrected chi connectivity index (χ2v) is 11.3. The molecule has 43 heavy (non-hydrogen) atoms. The fraction of sp³-hybridized carbons (Fsp3) is 0.500. The van der Waals surface area contributed by atoms with Gasteiger partial charge in [-0.2, -0.15) is 0 Å². The maximum atomic E-state index is 13.6. The summed E-state index contributed by atoms with van der Waals surface area (Å²) in [6, 6.07) is 7.08. The minimum absolute atomic E-state index is 0.0210. The SMILES string of the molecule is CC(C)c1cnc2c(N(Cc3ccccc3OC(F)(F)F)C(=O)OC(C)(C)C)cc(NCC3CN(C(=O)O)CCO3)nn12. The van der Waals surface area contributed by atoms with Gasteiger partial charge in [0, 0.05) is 24.7 Å². The van der Waals surface area contributed by atoms with E-state index in [1.807, 2.05) is 13.8 Å². The smallest absolute Gasteiger partial charge is 0.465 e. The standard InChI is InChI=1S/C28H35F3N6O6/c1-17(2)21-14-33-24-20(12-23(34-37(21)24)32-13-19-16-35(25(38)39)10-11-41-19)36(26(40)43-27(3,4)5)15-18-8-6-7-9-22(18)42-28(29,30)31/h6-9,12,14,17,19H,10-11,13,15-16H2,1-5H3,(H,32,34)(H,38,39). The van der Waals surface area contributed by atoms with Crippen molar-refractivity contribution in [3.8, 4) is 5.75 Å². The van der Waals surface area contributed by atoms with Gasteiger partial charge in [0.2, 0.25) is 0 Å². The molecule has 1 aliphatic rings. The Hall–Kier alpha value is -4.27. The van der Waals surface area contributed by atoms with Crippen LogP contribution in [0.3, 0.4) is 0 Å². The molecule has 4 rings (SSSR count). The third kappa shape index (κ3) is 8.18. The van der Waals surface area contributed by atoms with Gasteiger partial charge in [0.05, 0.1) is 43.4 Å². The molecule has 2 amide bonds. The molecule has 0 saturated carbocycles. The number of ether oxygens (including phenoxy) is 3. The molecule has 0 spiro atoms. The Morgan fingerprint density at radius 3 is 2.60 bits per heavy atom. The Balaban J connectivity index is 1.77. The first kappa shape index (κ1) is 31.7. The maximum Gasteiger partial charge on any atom is 0.573 e. The van der Waals surface area contributed by atoms with Crippen LogP contribution in [-0.4, -0.2) is 81.1 Å². The first-order valence-electron chi connectivity index (χ1n) is 13.7. The molecule has 3 aromatic rings. The molecular formula is C28H35F3N6O6. The van der Waals surface area contributed by atoms with E-state index in [4.69, 9.17) is 9.47 Å². The van der Waals surface area contributed by atoms with E-state index in [-0.39, 0.29) is 55.6 Å². The summed E-state index contributed by atoms with van der Waals surface area (Å²) in [5.74, 6) is -0.185. The van der Waals surface area contributed by atoms with Crippen LogP contribution in [0.25, 0.3) is 5.65 Å². The van der Waals surface area contributed by atoms with E-state index in [2.05, 4.69) is 20.1 Å². The zero-order valence-electron chi connectivity index (χ0n) is 24.5. The van der Waals surface area contributed by atoms with E-state index in [0.717, 1.165) is 5.69 Å². The lowest BCUT2D eigenvalue weighted by molar-refractivity contribution is -0.274. The average molecular weight is 609 g/mol. The summed E-state index contributed by atoms with van der Waals surface area (Å²) < 4.78 is 56.8. The number of fused-ring (bicyclic) bond motifs is 1. The number of hydrogen-bond acceptors (Lipinski definition) is 8. The predicted octanol–water partition coefficient (Wildman–Crippen LogP) is 5.48. The van der Waals surface area contributed by atoms with Gasteiger partial charge in [0.1, 0.15) is 17.2 Å². The van der Waals surface area contributed by atoms with Crippen molar-refractivity contribution in [2.24, 2.45) is 0 Å². The number of halogens is 3. The van der Waals surface area contributed by atoms with Crippen LogP contribution in [0.1, 0.15) is 51.8 Å². The Morgan fingerprint density at radius 1 is 1.23 bits per heavy atom. The number of anilines is 2. The van der Waals surface area contributed by atoms with Gasteiger partial charge in [-0.05, 0) is 32.8 Å². The molecule has 12 nitrogen and oxygen atoms in total. The normalized spacial score (nSPS) is 15.9. The number of carboxylic acid groups (broad SMARTS) is 1. The largest absolute Gasteiger partial charge is 0.573 e. The zero-order chi connectivity index (χ0) is 31.5. The molecular weight excluding hydrogens is 573 g/mol. The molecule has 1 saturated heterocycles. The monoisotopic (exact) mass is 608 g/mol. The molecule has 1 aliphatic heterocycles. The summed E-state index contributed by atoms with van der Waals surface area (Å²) in [6.07, 6.45) is -5.66. The highest BCUT2D eigenvalue weighted by atomic mass is 19.4. The number of carbonyl (C=O) groups is 2. The van der Waals surface area contributed by atoms with Gasteiger partial charge in [-0.1, -0.05) is 32.0 Å². The predicted molar refractivity (Wildman–Crippen MR) is 150 cm³/mol. The van der Waals surface area contributed by atoms with E-state index in [1.165, 1.54) is 34.1 Å². The number of para-hydroxylation sites is 1. The van der Waals surface area contributed by atoms with Crippen molar-refractivity contribution in [1.82, 2.24) is 19.5 Å². The number of amides is 2. The van der Waals surface area contributed by atoms with Crippen LogP contribution in [0.2, 0.25) is 0 Å². The molecule has 0 bridgehead atoms. The van der Waals surface area contributed by atoms with E-state index in [0.29, 0.717) is 5.82 Å². The Morgan fingerprint density at radius 2 is 1.95 bits per heavy atom. The van der Waals surface area contributed by atoms with Crippen LogP contribution >= 0.6 is 0 Å². The Kier molecular flexibility index (Phi) is 9.23. The molecule has 2 N–H and O–H groups in total. The lowest BCUT2D eigenvalue weighted by atomic mass is 10.1. The van der Waals surface area contributed by atoms with Gasteiger partial charge in [-0.15, -0.1) is 18.3 Å². The third-order valence-corrected chi connectivity index (χ3v) is 6.42. The van der Waals surface area contributed by atoms with Crippen LogP contribution < -0.4 is 15.0 Å². The third-order valence-electron chi connectivity index (χ3n) is 6.42. The quantitative estimate of drug-likeness (QED) is 0.341. The summed E-state index contributed by atoms with van der Waals surface area (Å²) in [6.45, 7) is 9.42. The number of alkyl halides is 3. The number of nitrogens with zero attached hydrogens (tertiary/aromatic N) is 5. The van der Waals surface area contributed by atoms with E-state index in [9.17, 15) is 27.9 Å². The number of rotatable bonds is 8. The molecule has 1 fully saturated rings. The van der Waals surface area contributed by atoms with E-state index in [1.54, 1.807) is 37.5 Å². The van der Waals surface area contributed by atoms with E-state index < -0.39 is 36.0 Å². The van der Waals surface area contributed by atoms with Crippen molar-refractivity contribution in [3.05, 3.63) is 47.8 Å². The van der Waals surface area contributed by atoms with Crippen LogP contribution in [0.4, 0.5) is 34.3 Å². The van der Waals surface area contributed by atoms with Crippen LogP contribution in [0, 0.1) is 0 Å². The summed E-state index contributed by atoms with van der Waals surface area (Å²) in [4.78, 5) is 32.0. The number of imidazole rings is 1. The highest BCUT2D eigenvalue weighted by molar-refractivity contribution is 5.93. The lowest BCUT2D eigenvalue weighted by Crippen LogP contribution is -2.47. The number of benzene rings is 1. The minimum atomic E-state index is -4.94. The van der Waals surface area contributed by atoms with E-state index >= 15 is 0 Å². The fourth-order valence-electron chi connectivity index (χ4n) is 4.48. The van der Waals surface area contributed by atoms with Crippen molar-refractivity contribution in [1.29, 1.82) is 0 Å². The maximum absolute atomic E-state index is 13.6. The second-order valence-electron chi connectivity index (χ2n) is 11.3. The molecule has 1 unspecified atom stereocenters. The Labute approximate surface area is 246 Å². The minimum Gasteiger partial charge on any atom is -0.465 e. The molecule has 1 aromatic carbocycles. The van der Waals surface area contributed by atoms with Gasteiger partial charge >= 0.3 is 18.5 Å². The highest BCUT2D eigenvalue weighted by Crippen LogP contribution is 2.33. The summed E-state index contributed by atoms with van der Waals surface area (Å²) in [7, 11) is 0. The zero-order valence-corrected chi connectivity index (χ0v) is 24.5. The van der Waals surface area contributed by atoms with Gasteiger partial charge in [0.25, 0.3) is 0 Å². The molecule has 234 valence electrons. The van der Waals surface area contributed by atoms with Crippen molar-refractivity contribution >= 4 is 29.3 Å². The first-order chi connectivity index (χ1) is 20.1. The number of hydrogen-bond donors (Lipinski definition) is 2. The molecule has 0 radical (unpaired) electrons. The molecule has 1 atom stereocenters. The molecule has 3 heterocycles. The molecule has 0 aliphatic carbocycles. The number of morpholine rings is 1. The summed E-state index contributed by atoms with van der Waals surface area (Å²) in [5, 5.41) is 17.2. The van der Waals surface area contributed by atoms with Gasteiger partial charge < -0.3 is 29.5 Å². The average Bonchev–Trinajstić information content (AvgIpc) is 3.34. The van der Waals surface area contributed by atoms with Crippen LogP contribution in [0.5, 0.6) is 5.75 Å². The lowest BCUT2D eigenvalue weighted by Gasteiger charge is -2.31. The van der Waals surface area contributed by atoms with Crippen molar-refractivity contribution in [2.45, 2.75) is 65.1 Å². The van der Waals surface area contributed by atoms with Crippen molar-refractivity contribution in [2.75, 3.05) is 36.5 Å². The van der Waals surface area contributed by atoms with Crippen LogP contribution in [-0.2, 0) is 16.0 Å². The molecule has 2 aromatic heterocycles. The molecule has 15 heteroatoms. The van der Waals surface area contributed by atoms with Gasteiger partial charge in [-0.25, -0.2) is 19.1 Å². The number of aromatic nitrogens is 3. The fourth-order valence-corrected chi connectivity index (χ4v) is 4.48. The first-order valence-corrected chi connectivity index (χ1v) is 13.7. The van der Waals surface area contributed by atoms with Gasteiger partial charge in [0.15, 0.2) is 5.65 Å². The summed E-state index contributed by atoms with van der Waals surface area (Å²) >= 11 is 0. The number of nitrogens with one attached hydrogen (secondary N) is 1. The topological polar surface area (TPSA) is 131 Å².